The summed E-state index contributed by atoms with van der Waals surface area (Å²) in [5.41, 5.74) is 3.14. The molecular weight excluding hydrogens is 386 g/mol. The predicted octanol–water partition coefficient (Wildman–Crippen LogP) is 4.66. The third-order valence-corrected chi connectivity index (χ3v) is 8.52. The van der Waals surface area contributed by atoms with Crippen LogP contribution in [0.2, 0.25) is 0 Å². The van der Waals surface area contributed by atoms with Gasteiger partial charge in [0.2, 0.25) is 5.91 Å². The molecule has 31 heavy (non-hydrogen) atoms. The van der Waals surface area contributed by atoms with Crippen LogP contribution in [0.3, 0.4) is 0 Å². The van der Waals surface area contributed by atoms with Crippen molar-refractivity contribution in [1.29, 1.82) is 0 Å². The first-order chi connectivity index (χ1) is 15.0. The zero-order valence-corrected chi connectivity index (χ0v) is 18.4. The van der Waals surface area contributed by atoms with E-state index in [0.717, 1.165) is 58.7 Å². The number of aliphatic hydroxyl groups excluding tert-OH is 1. The van der Waals surface area contributed by atoms with Crippen LogP contribution in [0.25, 0.3) is 10.9 Å². The Balaban J connectivity index is 1.23. The number of aliphatic hydroxyl groups is 1. The fraction of sp³-hybridized carbons (Fsp3) is 0.615. The molecule has 1 aromatic heterocycles. The smallest absolute Gasteiger partial charge is 0.224 e. The Bertz CT molecular complexity index is 997. The number of nitrogens with one attached hydrogen (secondary N) is 1. The van der Waals surface area contributed by atoms with Gasteiger partial charge < -0.3 is 15.3 Å². The average molecular weight is 420 g/mol. The number of β-amino-alcohol motifs (C(OH)–C–C–N with tert-alkyl or cyclic N) is 1. The van der Waals surface area contributed by atoms with E-state index in [0.29, 0.717) is 13.0 Å². The lowest BCUT2D eigenvalue weighted by molar-refractivity contribution is -0.124. The van der Waals surface area contributed by atoms with Crippen LogP contribution in [0.1, 0.15) is 56.9 Å². The molecule has 1 saturated heterocycles. The summed E-state index contributed by atoms with van der Waals surface area (Å²) in [6.07, 6.45) is 9.19. The minimum absolute atomic E-state index is 0.171. The van der Waals surface area contributed by atoms with Gasteiger partial charge in [0, 0.05) is 24.9 Å². The van der Waals surface area contributed by atoms with Crippen LogP contribution in [0.4, 0.5) is 11.5 Å². The first kappa shape index (κ1) is 19.5. The summed E-state index contributed by atoms with van der Waals surface area (Å²) in [5, 5.41) is 14.1. The number of carbonyl (C=O) groups is 1. The molecule has 0 radical (unpaired) electrons. The second-order valence-corrected chi connectivity index (χ2v) is 11.0. The van der Waals surface area contributed by atoms with E-state index >= 15 is 0 Å². The van der Waals surface area contributed by atoms with Crippen molar-refractivity contribution >= 4 is 28.3 Å². The highest BCUT2D eigenvalue weighted by Crippen LogP contribution is 2.61. The Morgan fingerprint density at radius 1 is 1.13 bits per heavy atom. The number of fused-ring (bicyclic) bond motifs is 1. The maximum absolute atomic E-state index is 13.2. The number of anilines is 2. The van der Waals surface area contributed by atoms with E-state index in [2.05, 4.69) is 29.3 Å². The Morgan fingerprint density at radius 3 is 2.48 bits per heavy atom. The summed E-state index contributed by atoms with van der Waals surface area (Å²) in [4.78, 5) is 20.2. The van der Waals surface area contributed by atoms with E-state index in [1.807, 2.05) is 12.1 Å². The second-order valence-electron chi connectivity index (χ2n) is 11.0. The zero-order chi connectivity index (χ0) is 21.2. The number of hydrogen-bond acceptors (Lipinski definition) is 4. The molecule has 164 valence electrons. The van der Waals surface area contributed by atoms with Crippen LogP contribution in [-0.4, -0.2) is 35.2 Å². The molecule has 5 nitrogen and oxygen atoms in total. The lowest BCUT2D eigenvalue weighted by Crippen LogP contribution is -2.47. The van der Waals surface area contributed by atoms with Gasteiger partial charge in [-0.3, -0.25) is 4.79 Å². The van der Waals surface area contributed by atoms with Gasteiger partial charge in [-0.15, -0.1) is 0 Å². The summed E-state index contributed by atoms with van der Waals surface area (Å²) in [7, 11) is 0. The van der Waals surface area contributed by atoms with E-state index in [-0.39, 0.29) is 17.4 Å². The number of hydrogen-bond donors (Lipinski definition) is 2. The van der Waals surface area contributed by atoms with Crippen molar-refractivity contribution in [2.24, 2.45) is 23.2 Å². The van der Waals surface area contributed by atoms with Gasteiger partial charge in [-0.1, -0.05) is 6.07 Å². The fourth-order valence-corrected chi connectivity index (χ4v) is 7.62. The van der Waals surface area contributed by atoms with Crippen LogP contribution < -0.4 is 10.2 Å². The van der Waals surface area contributed by atoms with Crippen LogP contribution in [0.5, 0.6) is 0 Å². The molecule has 0 unspecified atom stereocenters. The third kappa shape index (κ3) is 3.51. The lowest BCUT2D eigenvalue weighted by atomic mass is 9.49. The zero-order valence-electron chi connectivity index (χ0n) is 18.4. The summed E-state index contributed by atoms with van der Waals surface area (Å²) < 4.78 is 0. The monoisotopic (exact) mass is 419 g/mol. The van der Waals surface area contributed by atoms with Gasteiger partial charge in [0.15, 0.2) is 0 Å². The standard InChI is InChI=1S/C26H33N3O2/c1-16-2-4-22-21(3-5-23(27-22)29-7-6-20(30)15-29)25(16)28-24(31)14-26-11-17-8-18(12-26)10-19(9-17)13-26/h2-5,17-20,30H,6-15H2,1H3,(H,28,31)/t17?,18?,19?,20-,26?/m1/s1. The van der Waals surface area contributed by atoms with Crippen LogP contribution in [0.15, 0.2) is 24.3 Å². The number of rotatable bonds is 4. The minimum atomic E-state index is -0.269. The number of pyridine rings is 1. The molecule has 2 aromatic rings. The number of nitrogens with zero attached hydrogens (tertiary/aromatic N) is 2. The summed E-state index contributed by atoms with van der Waals surface area (Å²) in [6, 6.07) is 8.19. The van der Waals surface area contributed by atoms with Crippen LogP contribution >= 0.6 is 0 Å². The summed E-state index contributed by atoms with van der Waals surface area (Å²) in [6.45, 7) is 3.53. The Labute approximate surface area is 184 Å². The van der Waals surface area contributed by atoms with Crippen molar-refractivity contribution < 1.29 is 9.90 Å². The van der Waals surface area contributed by atoms with Gasteiger partial charge in [-0.2, -0.15) is 0 Å². The molecule has 1 atom stereocenters. The summed E-state index contributed by atoms with van der Waals surface area (Å²) in [5.74, 6) is 3.67. The highest BCUT2D eigenvalue weighted by Gasteiger charge is 2.51. The van der Waals surface area contributed by atoms with Gasteiger partial charge >= 0.3 is 0 Å². The molecule has 5 fully saturated rings. The molecule has 2 heterocycles. The van der Waals surface area contributed by atoms with E-state index in [1.165, 1.54) is 38.5 Å². The van der Waals surface area contributed by atoms with E-state index in [1.54, 1.807) is 0 Å². The highest BCUT2D eigenvalue weighted by atomic mass is 16.3. The highest BCUT2D eigenvalue weighted by molar-refractivity contribution is 6.02. The Hall–Kier alpha value is -2.14. The number of amides is 1. The molecule has 5 aliphatic rings. The molecule has 4 bridgehead atoms. The van der Waals surface area contributed by atoms with Crippen molar-refractivity contribution in [2.75, 3.05) is 23.3 Å². The minimum Gasteiger partial charge on any atom is -0.391 e. The molecule has 5 heteroatoms. The van der Waals surface area contributed by atoms with Gasteiger partial charge in [0.25, 0.3) is 0 Å². The van der Waals surface area contributed by atoms with Crippen molar-refractivity contribution in [3.05, 3.63) is 29.8 Å². The Kier molecular flexibility index (Phi) is 4.53. The van der Waals surface area contributed by atoms with Crippen molar-refractivity contribution in [3.63, 3.8) is 0 Å². The molecule has 1 aliphatic heterocycles. The van der Waals surface area contributed by atoms with Crippen molar-refractivity contribution in [1.82, 2.24) is 4.98 Å². The number of carbonyl (C=O) groups excluding carboxylic acids is 1. The third-order valence-electron chi connectivity index (χ3n) is 8.52. The molecule has 0 spiro atoms. The molecule has 4 saturated carbocycles. The van der Waals surface area contributed by atoms with E-state index in [9.17, 15) is 9.90 Å². The topological polar surface area (TPSA) is 65.5 Å². The molecule has 7 rings (SSSR count). The maximum Gasteiger partial charge on any atom is 0.224 e. The largest absolute Gasteiger partial charge is 0.391 e. The maximum atomic E-state index is 13.2. The Morgan fingerprint density at radius 2 is 1.84 bits per heavy atom. The molecular formula is C26H33N3O2. The molecule has 4 aliphatic carbocycles. The molecule has 1 amide bonds. The van der Waals surface area contributed by atoms with Gasteiger partial charge in [0.1, 0.15) is 5.82 Å². The second kappa shape index (κ2) is 7.19. The number of benzene rings is 1. The van der Waals surface area contributed by atoms with Gasteiger partial charge in [-0.05, 0) is 98.8 Å². The molecule has 1 aromatic carbocycles. The SMILES string of the molecule is Cc1ccc2nc(N3CC[C@@H](O)C3)ccc2c1NC(=O)CC12CC3CC(CC(C3)C1)C2. The number of aryl methyl sites for hydroxylation is 1. The van der Waals surface area contributed by atoms with Crippen LogP contribution in [-0.2, 0) is 4.79 Å². The van der Waals surface area contributed by atoms with Gasteiger partial charge in [-0.25, -0.2) is 4.98 Å². The van der Waals surface area contributed by atoms with E-state index in [4.69, 9.17) is 4.98 Å². The van der Waals surface area contributed by atoms with Gasteiger partial charge in [0.05, 0.1) is 17.3 Å². The van der Waals surface area contributed by atoms with Crippen LogP contribution in [0, 0.1) is 30.1 Å². The van der Waals surface area contributed by atoms with Crippen molar-refractivity contribution in [3.8, 4) is 0 Å². The first-order valence-electron chi connectivity index (χ1n) is 12.1. The number of aromatic nitrogens is 1. The predicted molar refractivity (Wildman–Crippen MR) is 123 cm³/mol. The van der Waals surface area contributed by atoms with Crippen molar-refractivity contribution in [2.45, 2.75) is 64.4 Å². The molecule has 2 N–H and O–H groups in total. The summed E-state index contributed by atoms with van der Waals surface area (Å²) >= 11 is 0. The van der Waals surface area contributed by atoms with E-state index < -0.39 is 0 Å². The average Bonchev–Trinajstić information content (AvgIpc) is 3.15. The first-order valence-corrected chi connectivity index (χ1v) is 12.1. The lowest BCUT2D eigenvalue weighted by Gasteiger charge is -2.56. The normalized spacial score (nSPS) is 33.9. The quantitative estimate of drug-likeness (QED) is 0.757. The fourth-order valence-electron chi connectivity index (χ4n) is 7.62.